The van der Waals surface area contributed by atoms with E-state index >= 15 is 0 Å². The standard InChI is InChI=1S/C21H30N2O.C2H6.CH5N.CH4/c1-14-15(2)18-12-16(24-4)7-8-19(18)21(13-22-3)9-11-23-10-5-6-17(14)20(21)23;2*1-2;/h5-8,12,14-15,17,20,22H,9-11,13H2,1-4H3;1-2H3;2H2,1H3;1H4. The van der Waals surface area contributed by atoms with E-state index in [1.807, 2.05) is 13.8 Å². The molecule has 5 unspecified atom stereocenters. The summed E-state index contributed by atoms with van der Waals surface area (Å²) in [6.07, 6.45) is 6.16. The minimum absolute atomic E-state index is 0. The molecule has 0 bridgehead atoms. The Morgan fingerprint density at radius 2 is 1.93 bits per heavy atom. The Morgan fingerprint density at radius 1 is 1.24 bits per heavy atom. The number of nitrogens with two attached hydrogens (primary N) is 1. The second-order valence-corrected chi connectivity index (χ2v) is 7.98. The van der Waals surface area contributed by atoms with E-state index in [2.05, 4.69) is 67.2 Å². The molecule has 1 aromatic rings. The third-order valence-electron chi connectivity index (χ3n) is 7.04. The fraction of sp³-hybridized carbons (Fsp3) is 0.680. The van der Waals surface area contributed by atoms with Gasteiger partial charge in [0.2, 0.25) is 0 Å². The van der Waals surface area contributed by atoms with Gasteiger partial charge >= 0.3 is 0 Å². The van der Waals surface area contributed by atoms with Crippen LogP contribution in [0.2, 0.25) is 0 Å². The fourth-order valence-corrected chi connectivity index (χ4v) is 5.73. The second kappa shape index (κ2) is 11.1. The molecule has 0 aromatic heterocycles. The lowest BCUT2D eigenvalue weighted by Crippen LogP contribution is -2.53. The normalized spacial score (nSPS) is 31.6. The molecule has 3 aliphatic rings. The van der Waals surface area contributed by atoms with E-state index in [-0.39, 0.29) is 12.8 Å². The molecule has 29 heavy (non-hydrogen) atoms. The highest BCUT2D eigenvalue weighted by Gasteiger charge is 2.55. The van der Waals surface area contributed by atoms with Crippen molar-refractivity contribution in [2.75, 3.05) is 40.8 Å². The van der Waals surface area contributed by atoms with Crippen LogP contribution in [-0.4, -0.2) is 51.8 Å². The smallest absolute Gasteiger partial charge is 0.119 e. The van der Waals surface area contributed by atoms with Gasteiger partial charge in [-0.25, -0.2) is 0 Å². The van der Waals surface area contributed by atoms with Crippen molar-refractivity contribution in [2.45, 2.75) is 58.9 Å². The lowest BCUT2D eigenvalue weighted by molar-refractivity contribution is 0.132. The average molecular weight is 404 g/mol. The molecule has 1 saturated heterocycles. The molecule has 1 aromatic carbocycles. The summed E-state index contributed by atoms with van der Waals surface area (Å²) in [7, 11) is 5.38. The number of benzene rings is 1. The van der Waals surface area contributed by atoms with Gasteiger partial charge in [0.25, 0.3) is 0 Å². The first kappa shape index (κ1) is 25.7. The molecule has 0 saturated carbocycles. The Bertz CT molecular complexity index is 659. The maximum atomic E-state index is 5.56. The molecule has 0 radical (unpaired) electrons. The number of fused-ring (bicyclic) bond motifs is 2. The van der Waals surface area contributed by atoms with Crippen molar-refractivity contribution in [2.24, 2.45) is 17.6 Å². The molecule has 0 amide bonds. The van der Waals surface area contributed by atoms with Gasteiger partial charge in [-0.05, 0) is 68.1 Å². The van der Waals surface area contributed by atoms with Gasteiger partial charge in [-0.1, -0.05) is 53.3 Å². The fourth-order valence-electron chi connectivity index (χ4n) is 5.73. The van der Waals surface area contributed by atoms with Gasteiger partial charge in [-0.15, -0.1) is 0 Å². The second-order valence-electron chi connectivity index (χ2n) is 7.98. The summed E-state index contributed by atoms with van der Waals surface area (Å²) in [5.41, 5.74) is 7.77. The van der Waals surface area contributed by atoms with Crippen LogP contribution in [0, 0.1) is 11.8 Å². The summed E-state index contributed by atoms with van der Waals surface area (Å²) in [4.78, 5) is 2.73. The van der Waals surface area contributed by atoms with Crippen LogP contribution in [0.3, 0.4) is 0 Å². The molecule has 2 aliphatic heterocycles. The van der Waals surface area contributed by atoms with Gasteiger partial charge in [-0.3, -0.25) is 4.90 Å². The highest BCUT2D eigenvalue weighted by atomic mass is 16.5. The van der Waals surface area contributed by atoms with Crippen LogP contribution < -0.4 is 15.8 Å². The predicted octanol–water partition coefficient (Wildman–Crippen LogP) is 4.40. The Hall–Kier alpha value is -1.36. The number of likely N-dealkylation sites (N-methyl/N-ethyl adjacent to an activating group) is 1. The zero-order valence-corrected chi connectivity index (χ0v) is 19.0. The summed E-state index contributed by atoms with van der Waals surface area (Å²) in [5.74, 6) is 2.80. The van der Waals surface area contributed by atoms with Crippen molar-refractivity contribution in [1.82, 2.24) is 10.2 Å². The maximum absolute atomic E-state index is 5.56. The molecule has 4 nitrogen and oxygen atoms in total. The van der Waals surface area contributed by atoms with Crippen LogP contribution in [-0.2, 0) is 5.41 Å². The van der Waals surface area contributed by atoms with Crippen molar-refractivity contribution in [3.05, 3.63) is 41.5 Å². The number of ether oxygens (including phenoxy) is 1. The zero-order valence-electron chi connectivity index (χ0n) is 19.0. The summed E-state index contributed by atoms with van der Waals surface area (Å²) in [6.45, 7) is 12.2. The molecule has 4 rings (SSSR count). The third-order valence-corrected chi connectivity index (χ3v) is 7.04. The van der Waals surface area contributed by atoms with Crippen molar-refractivity contribution in [1.29, 1.82) is 0 Å². The quantitative estimate of drug-likeness (QED) is 0.734. The molecule has 3 N–H and O–H groups in total. The van der Waals surface area contributed by atoms with Gasteiger partial charge in [0.1, 0.15) is 5.75 Å². The number of hydrogen-bond donors (Lipinski definition) is 2. The van der Waals surface area contributed by atoms with Crippen LogP contribution in [0.4, 0.5) is 0 Å². The van der Waals surface area contributed by atoms with E-state index in [1.165, 1.54) is 25.6 Å². The minimum Gasteiger partial charge on any atom is -0.497 e. The molecular formula is C25H45N3O. The molecule has 1 fully saturated rings. The van der Waals surface area contributed by atoms with Crippen LogP contribution in [0.1, 0.15) is 58.6 Å². The SMILES string of the molecule is C.CC.CN.CNCC12CCN3CC=CC(C(C)C(C)c4cc(OC)ccc41)C32. The topological polar surface area (TPSA) is 50.5 Å². The van der Waals surface area contributed by atoms with Crippen LogP contribution >= 0.6 is 0 Å². The first-order valence-corrected chi connectivity index (χ1v) is 10.9. The molecule has 1 aliphatic carbocycles. The first-order chi connectivity index (χ1) is 13.6. The average Bonchev–Trinajstić information content (AvgIpc) is 3.12. The highest BCUT2D eigenvalue weighted by molar-refractivity contribution is 5.47. The number of methoxy groups -OCH3 is 1. The van der Waals surface area contributed by atoms with Crippen LogP contribution in [0.5, 0.6) is 5.75 Å². The van der Waals surface area contributed by atoms with Crippen molar-refractivity contribution in [3.63, 3.8) is 0 Å². The summed E-state index contributed by atoms with van der Waals surface area (Å²) >= 11 is 0. The van der Waals surface area contributed by atoms with E-state index in [4.69, 9.17) is 4.74 Å². The summed E-state index contributed by atoms with van der Waals surface area (Å²) < 4.78 is 5.56. The van der Waals surface area contributed by atoms with E-state index in [0.717, 1.165) is 18.8 Å². The summed E-state index contributed by atoms with van der Waals surface area (Å²) in [6, 6.07) is 7.44. The van der Waals surface area contributed by atoms with Gasteiger partial charge in [0.15, 0.2) is 0 Å². The zero-order chi connectivity index (χ0) is 20.9. The van der Waals surface area contributed by atoms with Gasteiger partial charge < -0.3 is 15.8 Å². The largest absolute Gasteiger partial charge is 0.497 e. The lowest BCUT2D eigenvalue weighted by atomic mass is 9.68. The number of nitrogens with one attached hydrogen (secondary N) is 1. The molecule has 166 valence electrons. The van der Waals surface area contributed by atoms with Crippen LogP contribution in [0.15, 0.2) is 30.4 Å². The number of nitrogens with zero attached hydrogens (tertiary/aromatic N) is 1. The molecular weight excluding hydrogens is 358 g/mol. The molecule has 5 atom stereocenters. The molecule has 0 spiro atoms. The maximum Gasteiger partial charge on any atom is 0.119 e. The van der Waals surface area contributed by atoms with E-state index < -0.39 is 0 Å². The van der Waals surface area contributed by atoms with Gasteiger partial charge in [0.05, 0.1) is 7.11 Å². The van der Waals surface area contributed by atoms with Crippen molar-refractivity contribution < 1.29 is 4.74 Å². The lowest BCUT2D eigenvalue weighted by Gasteiger charge is -2.44. The number of rotatable bonds is 3. The van der Waals surface area contributed by atoms with Gasteiger partial charge in [-0.2, -0.15) is 0 Å². The molecule has 4 heteroatoms. The molecule has 2 heterocycles. The third kappa shape index (κ3) is 4.26. The summed E-state index contributed by atoms with van der Waals surface area (Å²) in [5, 5.41) is 3.53. The van der Waals surface area contributed by atoms with Gasteiger partial charge in [0, 0.05) is 24.5 Å². The number of hydrogen-bond acceptors (Lipinski definition) is 4. The Balaban J connectivity index is 0.000000794. The Labute approximate surface area is 179 Å². The highest BCUT2D eigenvalue weighted by Crippen LogP contribution is 2.54. The van der Waals surface area contributed by atoms with E-state index in [0.29, 0.717) is 23.8 Å². The first-order valence-electron chi connectivity index (χ1n) is 10.9. The van der Waals surface area contributed by atoms with Crippen LogP contribution in [0.25, 0.3) is 0 Å². The van der Waals surface area contributed by atoms with Crippen molar-refractivity contribution in [3.8, 4) is 5.75 Å². The predicted molar refractivity (Wildman–Crippen MR) is 127 cm³/mol. The van der Waals surface area contributed by atoms with E-state index in [1.54, 1.807) is 12.7 Å². The van der Waals surface area contributed by atoms with Crippen molar-refractivity contribution >= 4 is 0 Å². The Morgan fingerprint density at radius 3 is 2.55 bits per heavy atom. The van der Waals surface area contributed by atoms with E-state index in [9.17, 15) is 0 Å². The monoisotopic (exact) mass is 403 g/mol. The minimum atomic E-state index is 0. The Kier molecular flexibility index (Phi) is 9.87.